The van der Waals surface area contributed by atoms with E-state index in [4.69, 9.17) is 4.74 Å². The summed E-state index contributed by atoms with van der Waals surface area (Å²) in [7, 11) is 0. The molecule has 2 heterocycles. The Balaban J connectivity index is 1.30. The standard InChI is InChI=1S/C31H35N5O3/c1-4-39-30(37)29(26-13-9-6-10-14-26)34-19-17-33(18-20-34)27-15-16-28(23(2)21-27)35-22-32-36(31(35)38)24(3)25-11-7-5-8-12-25/h5-16,21-22,24,29H,4,17-20H2,1-3H3/t24-,29?/m0/s1. The highest BCUT2D eigenvalue weighted by molar-refractivity contribution is 5.77. The maximum Gasteiger partial charge on any atom is 0.350 e. The zero-order valence-electron chi connectivity index (χ0n) is 22.7. The lowest BCUT2D eigenvalue weighted by Gasteiger charge is -2.39. The van der Waals surface area contributed by atoms with E-state index in [1.807, 2.05) is 87.5 Å². The average Bonchev–Trinajstić information content (AvgIpc) is 3.35. The maximum absolute atomic E-state index is 13.3. The fourth-order valence-electron chi connectivity index (χ4n) is 5.32. The minimum Gasteiger partial charge on any atom is -0.465 e. The number of carbonyl (C=O) groups excluding carboxylic acids is 1. The molecule has 1 unspecified atom stereocenters. The first-order valence-corrected chi connectivity index (χ1v) is 13.5. The van der Waals surface area contributed by atoms with E-state index in [9.17, 15) is 9.59 Å². The smallest absolute Gasteiger partial charge is 0.350 e. The zero-order chi connectivity index (χ0) is 27.4. The summed E-state index contributed by atoms with van der Waals surface area (Å²) >= 11 is 0. The first kappa shape index (κ1) is 26.4. The number of benzene rings is 3. The van der Waals surface area contributed by atoms with E-state index < -0.39 is 6.04 Å². The molecule has 1 saturated heterocycles. The molecule has 5 rings (SSSR count). The number of hydrogen-bond acceptors (Lipinski definition) is 6. The van der Waals surface area contributed by atoms with Crippen molar-refractivity contribution in [3.8, 4) is 5.69 Å². The fourth-order valence-corrected chi connectivity index (χ4v) is 5.32. The van der Waals surface area contributed by atoms with Crippen LogP contribution in [0.4, 0.5) is 5.69 Å². The highest BCUT2D eigenvalue weighted by Gasteiger charge is 2.31. The lowest BCUT2D eigenvalue weighted by Crippen LogP contribution is -2.49. The van der Waals surface area contributed by atoms with E-state index in [1.165, 1.54) is 4.68 Å². The average molecular weight is 526 g/mol. The number of rotatable bonds is 8. The van der Waals surface area contributed by atoms with Gasteiger partial charge in [-0.25, -0.2) is 18.8 Å². The minimum atomic E-state index is -0.404. The molecule has 1 aliphatic heterocycles. The van der Waals surface area contributed by atoms with Gasteiger partial charge in [0.2, 0.25) is 0 Å². The Morgan fingerprint density at radius 1 is 0.923 bits per heavy atom. The van der Waals surface area contributed by atoms with Crippen LogP contribution in [0.2, 0.25) is 0 Å². The van der Waals surface area contributed by atoms with Crippen LogP contribution in [0.25, 0.3) is 5.69 Å². The van der Waals surface area contributed by atoms with E-state index >= 15 is 0 Å². The third kappa shape index (κ3) is 5.52. The molecule has 0 amide bonds. The van der Waals surface area contributed by atoms with Crippen molar-refractivity contribution in [1.29, 1.82) is 0 Å². The molecule has 4 aromatic rings. The molecule has 1 aromatic heterocycles. The lowest BCUT2D eigenvalue weighted by atomic mass is 10.0. The van der Waals surface area contributed by atoms with Gasteiger partial charge in [0.25, 0.3) is 0 Å². The van der Waals surface area contributed by atoms with Crippen molar-refractivity contribution in [2.24, 2.45) is 0 Å². The molecule has 8 heteroatoms. The van der Waals surface area contributed by atoms with Crippen molar-refractivity contribution in [1.82, 2.24) is 19.2 Å². The van der Waals surface area contributed by atoms with Crippen LogP contribution in [0.3, 0.4) is 0 Å². The van der Waals surface area contributed by atoms with Gasteiger partial charge < -0.3 is 9.64 Å². The Labute approximate surface area is 229 Å². The van der Waals surface area contributed by atoms with Gasteiger partial charge in [0, 0.05) is 31.9 Å². The second-order valence-electron chi connectivity index (χ2n) is 9.87. The van der Waals surface area contributed by atoms with E-state index in [0.29, 0.717) is 6.61 Å². The van der Waals surface area contributed by atoms with Crippen molar-refractivity contribution in [2.75, 3.05) is 37.7 Å². The molecule has 3 aromatic carbocycles. The van der Waals surface area contributed by atoms with E-state index in [1.54, 1.807) is 10.9 Å². The summed E-state index contributed by atoms with van der Waals surface area (Å²) in [6.07, 6.45) is 1.60. The van der Waals surface area contributed by atoms with E-state index in [2.05, 4.69) is 27.0 Å². The van der Waals surface area contributed by atoms with Gasteiger partial charge in [0.1, 0.15) is 12.4 Å². The van der Waals surface area contributed by atoms with E-state index in [0.717, 1.165) is 54.2 Å². The van der Waals surface area contributed by atoms with Crippen LogP contribution in [0.1, 0.15) is 42.6 Å². The molecule has 8 nitrogen and oxygen atoms in total. The number of hydrogen-bond donors (Lipinski definition) is 0. The number of carbonyl (C=O) groups is 1. The topological polar surface area (TPSA) is 72.6 Å². The molecule has 2 atom stereocenters. The Kier molecular flexibility index (Phi) is 7.93. The summed E-state index contributed by atoms with van der Waals surface area (Å²) in [5, 5.41) is 4.41. The molecule has 1 aliphatic rings. The number of piperazine rings is 1. The van der Waals surface area contributed by atoms with Crippen molar-refractivity contribution < 1.29 is 9.53 Å². The van der Waals surface area contributed by atoms with Gasteiger partial charge in [-0.2, -0.15) is 5.10 Å². The molecule has 202 valence electrons. The molecule has 39 heavy (non-hydrogen) atoms. The second kappa shape index (κ2) is 11.7. The molecule has 0 spiro atoms. The Morgan fingerprint density at radius 3 is 2.18 bits per heavy atom. The molecule has 1 fully saturated rings. The number of aryl methyl sites for hydroxylation is 1. The van der Waals surface area contributed by atoms with Crippen LogP contribution < -0.4 is 10.6 Å². The summed E-state index contributed by atoms with van der Waals surface area (Å²) in [5.74, 6) is -0.204. The van der Waals surface area contributed by atoms with Gasteiger partial charge in [0.05, 0.1) is 18.3 Å². The van der Waals surface area contributed by atoms with E-state index in [-0.39, 0.29) is 17.7 Å². The van der Waals surface area contributed by atoms with Crippen molar-refractivity contribution in [3.05, 3.63) is 112 Å². The van der Waals surface area contributed by atoms with Gasteiger partial charge >= 0.3 is 11.7 Å². The number of aromatic nitrogens is 3. The molecule has 0 N–H and O–H groups in total. The fraction of sp³-hybridized carbons (Fsp3) is 0.323. The highest BCUT2D eigenvalue weighted by Crippen LogP contribution is 2.27. The number of anilines is 1. The van der Waals surface area contributed by atoms with Crippen molar-refractivity contribution >= 4 is 11.7 Å². The van der Waals surface area contributed by atoms with Gasteiger partial charge in [-0.15, -0.1) is 0 Å². The van der Waals surface area contributed by atoms with Gasteiger partial charge in [-0.3, -0.25) is 4.90 Å². The van der Waals surface area contributed by atoms with Crippen LogP contribution >= 0.6 is 0 Å². The third-order valence-electron chi connectivity index (χ3n) is 7.45. The number of nitrogens with zero attached hydrogens (tertiary/aromatic N) is 5. The number of ether oxygens (including phenoxy) is 1. The molecular formula is C31H35N5O3. The Bertz CT molecular complexity index is 1460. The second-order valence-corrected chi connectivity index (χ2v) is 9.87. The van der Waals surface area contributed by atoms with Gasteiger partial charge in [-0.1, -0.05) is 60.7 Å². The molecular weight excluding hydrogens is 490 g/mol. The summed E-state index contributed by atoms with van der Waals surface area (Å²) < 4.78 is 8.55. The highest BCUT2D eigenvalue weighted by atomic mass is 16.5. The van der Waals surface area contributed by atoms with Gasteiger partial charge in [-0.05, 0) is 55.7 Å². The maximum atomic E-state index is 13.3. The van der Waals surface area contributed by atoms with Crippen LogP contribution in [0, 0.1) is 6.92 Å². The Morgan fingerprint density at radius 2 is 1.56 bits per heavy atom. The predicted molar refractivity (Wildman–Crippen MR) is 152 cm³/mol. The molecule has 0 bridgehead atoms. The van der Waals surface area contributed by atoms with Crippen LogP contribution in [0.5, 0.6) is 0 Å². The summed E-state index contributed by atoms with van der Waals surface area (Å²) in [4.78, 5) is 30.6. The van der Waals surface area contributed by atoms with Crippen LogP contribution in [0.15, 0.2) is 90.0 Å². The Hall–Kier alpha value is -4.17. The molecule has 0 saturated carbocycles. The van der Waals surface area contributed by atoms with Crippen LogP contribution in [-0.4, -0.2) is 58.0 Å². The van der Waals surface area contributed by atoms with Gasteiger partial charge in [0.15, 0.2) is 0 Å². The predicted octanol–water partition coefficient (Wildman–Crippen LogP) is 4.38. The van der Waals surface area contributed by atoms with Crippen molar-refractivity contribution in [2.45, 2.75) is 32.9 Å². The number of esters is 1. The summed E-state index contributed by atoms with van der Waals surface area (Å²) in [6.45, 7) is 9.25. The first-order valence-electron chi connectivity index (χ1n) is 13.5. The summed E-state index contributed by atoms with van der Waals surface area (Å²) in [6, 6.07) is 25.4. The quantitative estimate of drug-likeness (QED) is 0.318. The van der Waals surface area contributed by atoms with Crippen LogP contribution in [-0.2, 0) is 9.53 Å². The first-order chi connectivity index (χ1) is 19.0. The zero-order valence-corrected chi connectivity index (χ0v) is 22.7. The monoisotopic (exact) mass is 525 g/mol. The lowest BCUT2D eigenvalue weighted by molar-refractivity contribution is -0.150. The normalized spacial score (nSPS) is 15.6. The summed E-state index contributed by atoms with van der Waals surface area (Å²) in [5.41, 5.74) is 4.74. The third-order valence-corrected chi connectivity index (χ3v) is 7.45. The minimum absolute atomic E-state index is 0.162. The molecule has 0 aliphatic carbocycles. The largest absolute Gasteiger partial charge is 0.465 e. The van der Waals surface area contributed by atoms with Crippen molar-refractivity contribution in [3.63, 3.8) is 0 Å². The molecule has 0 radical (unpaired) electrons. The SMILES string of the molecule is CCOC(=O)C(c1ccccc1)N1CCN(c2ccc(-n3cnn([C@@H](C)c4ccccc4)c3=O)c(C)c2)CC1.